The van der Waals surface area contributed by atoms with Gasteiger partial charge in [0.05, 0.1) is 6.61 Å². The van der Waals surface area contributed by atoms with Crippen LogP contribution in [0, 0.1) is 0 Å². The van der Waals surface area contributed by atoms with Crippen molar-refractivity contribution in [1.82, 2.24) is 4.98 Å². The van der Waals surface area contributed by atoms with Gasteiger partial charge in [-0.1, -0.05) is 18.6 Å². The molecule has 0 amide bonds. The lowest BCUT2D eigenvalue weighted by atomic mass is 10.1. The number of unbranched alkanes of at least 4 members (excludes halogenated alkanes) is 2. The van der Waals surface area contributed by atoms with Gasteiger partial charge in [0.2, 0.25) is 9.84 Å². The average molecular weight is 311 g/mol. The topological polar surface area (TPSA) is 73.3 Å². The third-order valence-corrected chi connectivity index (χ3v) is 4.98. The molecule has 1 aromatic rings. The van der Waals surface area contributed by atoms with Gasteiger partial charge in [0.15, 0.2) is 10.3 Å². The van der Waals surface area contributed by atoms with E-state index in [1.807, 2.05) is 0 Å². The van der Waals surface area contributed by atoms with Crippen molar-refractivity contribution in [3.63, 3.8) is 0 Å². The minimum atomic E-state index is -3.82. The lowest BCUT2D eigenvalue weighted by Crippen LogP contribution is -2.32. The lowest BCUT2D eigenvalue weighted by molar-refractivity contribution is -0.142. The maximum absolute atomic E-state index is 12.5. The van der Waals surface area contributed by atoms with Crippen LogP contribution in [0.5, 0.6) is 0 Å². The molecule has 0 radical (unpaired) electrons. The molecule has 0 aliphatic carbocycles. The highest BCUT2D eigenvalue weighted by molar-refractivity contribution is 7.92. The fraction of sp³-hybridized carbons (Fsp3) is 0.467. The van der Waals surface area contributed by atoms with Gasteiger partial charge in [0.25, 0.3) is 0 Å². The highest BCUT2D eigenvalue weighted by atomic mass is 32.2. The zero-order valence-electron chi connectivity index (χ0n) is 12.2. The van der Waals surface area contributed by atoms with E-state index in [0.717, 1.165) is 12.8 Å². The smallest absolute Gasteiger partial charge is 0.324 e. The molecule has 0 saturated heterocycles. The Morgan fingerprint density at radius 2 is 2.19 bits per heavy atom. The summed E-state index contributed by atoms with van der Waals surface area (Å²) in [5, 5.41) is -1.29. The van der Waals surface area contributed by atoms with Crippen LogP contribution in [0.25, 0.3) is 0 Å². The normalized spacial score (nSPS) is 12.6. The van der Waals surface area contributed by atoms with Gasteiger partial charge in [-0.3, -0.25) is 4.79 Å². The number of carbonyl (C=O) groups is 1. The number of ether oxygens (including phenoxy) is 1. The largest absolute Gasteiger partial charge is 0.465 e. The van der Waals surface area contributed by atoms with Crippen LogP contribution in [0.15, 0.2) is 42.1 Å². The Morgan fingerprint density at radius 1 is 1.43 bits per heavy atom. The molecule has 1 heterocycles. The summed E-state index contributed by atoms with van der Waals surface area (Å²) >= 11 is 0. The van der Waals surface area contributed by atoms with Crippen molar-refractivity contribution < 1.29 is 17.9 Å². The fourth-order valence-electron chi connectivity index (χ4n) is 1.91. The molecule has 0 bridgehead atoms. The summed E-state index contributed by atoms with van der Waals surface area (Å²) in [6.45, 7) is 5.42. The summed E-state index contributed by atoms with van der Waals surface area (Å²) in [4.78, 5) is 15.8. The Labute approximate surface area is 126 Å². The summed E-state index contributed by atoms with van der Waals surface area (Å²) in [6.07, 6.45) is 5.59. The first-order chi connectivity index (χ1) is 10.0. The van der Waals surface area contributed by atoms with E-state index < -0.39 is 21.1 Å². The SMILES string of the molecule is C=CCCCCC(C(=O)OCC)S(=O)(=O)c1ccccn1. The fourth-order valence-corrected chi connectivity index (χ4v) is 3.48. The Balaban J connectivity index is 2.94. The van der Waals surface area contributed by atoms with E-state index in [0.29, 0.717) is 6.42 Å². The zero-order valence-corrected chi connectivity index (χ0v) is 13.0. The monoisotopic (exact) mass is 311 g/mol. The van der Waals surface area contributed by atoms with Crippen LogP contribution in [0.1, 0.15) is 32.6 Å². The van der Waals surface area contributed by atoms with Gasteiger partial charge in [-0.15, -0.1) is 6.58 Å². The first-order valence-electron chi connectivity index (χ1n) is 6.96. The number of rotatable bonds is 9. The van der Waals surface area contributed by atoms with Crippen LogP contribution >= 0.6 is 0 Å². The van der Waals surface area contributed by atoms with Gasteiger partial charge in [0.1, 0.15) is 0 Å². The number of hydrogen-bond donors (Lipinski definition) is 0. The molecule has 0 aliphatic rings. The predicted molar refractivity (Wildman–Crippen MR) is 80.5 cm³/mol. The van der Waals surface area contributed by atoms with Crippen molar-refractivity contribution in [2.45, 2.75) is 42.9 Å². The van der Waals surface area contributed by atoms with Gasteiger partial charge in [-0.25, -0.2) is 13.4 Å². The number of sulfone groups is 1. The molecular weight excluding hydrogens is 290 g/mol. The summed E-state index contributed by atoms with van der Waals surface area (Å²) in [5.41, 5.74) is 0. The van der Waals surface area contributed by atoms with Gasteiger partial charge in [0, 0.05) is 6.20 Å². The van der Waals surface area contributed by atoms with Crippen LogP contribution in [0.4, 0.5) is 0 Å². The second kappa shape index (κ2) is 8.56. The van der Waals surface area contributed by atoms with Gasteiger partial charge >= 0.3 is 5.97 Å². The lowest BCUT2D eigenvalue weighted by Gasteiger charge is -2.15. The number of hydrogen-bond acceptors (Lipinski definition) is 5. The Hall–Kier alpha value is -1.69. The number of carbonyl (C=O) groups excluding carboxylic acids is 1. The van der Waals surface area contributed by atoms with Crippen LogP contribution in [-0.4, -0.2) is 31.2 Å². The summed E-state index contributed by atoms with van der Waals surface area (Å²) in [7, 11) is -3.82. The van der Waals surface area contributed by atoms with Gasteiger partial charge in [-0.05, 0) is 38.3 Å². The minimum absolute atomic E-state index is 0.0910. The molecular formula is C15H21NO4S. The molecule has 0 aliphatic heterocycles. The molecule has 1 atom stereocenters. The molecule has 6 heteroatoms. The molecule has 0 N–H and O–H groups in total. The Bertz CT molecular complexity index is 554. The van der Waals surface area contributed by atoms with Crippen molar-refractivity contribution in [2.24, 2.45) is 0 Å². The second-order valence-corrected chi connectivity index (χ2v) is 6.60. The Morgan fingerprint density at radius 3 is 2.76 bits per heavy atom. The maximum atomic E-state index is 12.5. The van der Waals surface area contributed by atoms with Crippen LogP contribution in [0.3, 0.4) is 0 Å². The van der Waals surface area contributed by atoms with E-state index in [4.69, 9.17) is 4.74 Å². The van der Waals surface area contributed by atoms with Gasteiger partial charge in [-0.2, -0.15) is 0 Å². The number of allylic oxidation sites excluding steroid dienone is 1. The molecule has 1 aromatic heterocycles. The number of pyridine rings is 1. The van der Waals surface area contributed by atoms with E-state index in [2.05, 4.69) is 11.6 Å². The van der Waals surface area contributed by atoms with Crippen molar-refractivity contribution in [2.75, 3.05) is 6.61 Å². The number of nitrogens with zero attached hydrogens (tertiary/aromatic N) is 1. The molecule has 1 rings (SSSR count). The average Bonchev–Trinajstić information content (AvgIpc) is 2.48. The third kappa shape index (κ3) is 4.97. The first-order valence-corrected chi connectivity index (χ1v) is 8.51. The third-order valence-electron chi connectivity index (χ3n) is 2.98. The summed E-state index contributed by atoms with van der Waals surface area (Å²) < 4.78 is 30.0. The maximum Gasteiger partial charge on any atom is 0.324 e. The zero-order chi connectivity index (χ0) is 15.7. The van der Waals surface area contributed by atoms with Gasteiger partial charge < -0.3 is 4.74 Å². The minimum Gasteiger partial charge on any atom is -0.465 e. The van der Waals surface area contributed by atoms with Crippen molar-refractivity contribution >= 4 is 15.8 Å². The summed E-state index contributed by atoms with van der Waals surface area (Å²) in [6, 6.07) is 4.60. The van der Waals surface area contributed by atoms with Crippen molar-refractivity contribution in [3.05, 3.63) is 37.1 Å². The highest BCUT2D eigenvalue weighted by Gasteiger charge is 2.35. The molecule has 116 valence electrons. The van der Waals surface area contributed by atoms with E-state index in [-0.39, 0.29) is 18.1 Å². The van der Waals surface area contributed by atoms with E-state index in [1.165, 1.54) is 12.3 Å². The first kappa shape index (κ1) is 17.4. The van der Waals surface area contributed by atoms with Crippen LogP contribution in [0.2, 0.25) is 0 Å². The second-order valence-electron chi connectivity index (χ2n) is 4.53. The van der Waals surface area contributed by atoms with E-state index >= 15 is 0 Å². The molecule has 5 nitrogen and oxygen atoms in total. The molecule has 0 spiro atoms. The molecule has 0 fully saturated rings. The molecule has 0 saturated carbocycles. The molecule has 0 aromatic carbocycles. The highest BCUT2D eigenvalue weighted by Crippen LogP contribution is 2.20. The molecule has 21 heavy (non-hydrogen) atoms. The van der Waals surface area contributed by atoms with Crippen molar-refractivity contribution in [3.8, 4) is 0 Å². The number of aromatic nitrogens is 1. The van der Waals surface area contributed by atoms with Crippen LogP contribution < -0.4 is 0 Å². The Kier molecular flexibility index (Phi) is 7.08. The van der Waals surface area contributed by atoms with Crippen LogP contribution in [-0.2, 0) is 19.4 Å². The molecule has 1 unspecified atom stereocenters. The summed E-state index contributed by atoms with van der Waals surface area (Å²) in [5.74, 6) is -0.707. The van der Waals surface area contributed by atoms with E-state index in [9.17, 15) is 13.2 Å². The predicted octanol–water partition coefficient (Wildman–Crippen LogP) is 2.53. The standard InChI is InChI=1S/C15H21NO4S/c1-3-5-6-7-10-13(15(17)20-4-2)21(18,19)14-11-8-9-12-16-14/h3,8-9,11-13H,1,4-7,10H2,2H3. The van der Waals surface area contributed by atoms with E-state index in [1.54, 1.807) is 25.1 Å². The number of esters is 1. The van der Waals surface area contributed by atoms with Crippen molar-refractivity contribution in [1.29, 1.82) is 0 Å². The quantitative estimate of drug-likeness (QED) is 0.398.